The van der Waals surface area contributed by atoms with Gasteiger partial charge in [-0.05, 0) is 91.9 Å². The Hall–Kier alpha value is -1.40. The Balaban J connectivity index is 1.66. The molecule has 3 aliphatic carbocycles. The van der Waals surface area contributed by atoms with Gasteiger partial charge in [-0.2, -0.15) is 22.0 Å². The first kappa shape index (κ1) is 22.8. The summed E-state index contributed by atoms with van der Waals surface area (Å²) in [6.45, 7) is 4.31. The van der Waals surface area contributed by atoms with Crippen molar-refractivity contribution >= 4 is 20.6 Å². The summed E-state index contributed by atoms with van der Waals surface area (Å²) < 4.78 is 62.0. The third-order valence-electron chi connectivity index (χ3n) is 7.46. The second kappa shape index (κ2) is 7.87. The van der Waals surface area contributed by atoms with Crippen molar-refractivity contribution in [1.82, 2.24) is 0 Å². The molecule has 3 unspecified atom stereocenters. The number of hydrogen-bond acceptors (Lipinski definition) is 7. The maximum atomic E-state index is 11.6. The summed E-state index contributed by atoms with van der Waals surface area (Å²) in [6, 6.07) is 3.63. The highest BCUT2D eigenvalue weighted by Crippen LogP contribution is 2.62. The molecule has 0 bridgehead atoms. The molecule has 0 spiro atoms. The van der Waals surface area contributed by atoms with Gasteiger partial charge in [-0.15, -0.1) is 0 Å². The Morgan fingerprint density at radius 3 is 2.42 bits per heavy atom. The number of nitrogens with two attached hydrogens (primary N) is 2. The van der Waals surface area contributed by atoms with E-state index in [0.717, 1.165) is 43.2 Å². The molecule has 11 heteroatoms. The van der Waals surface area contributed by atoms with Gasteiger partial charge in [-0.3, -0.25) is 4.18 Å². The molecule has 0 aromatic heterocycles. The lowest BCUT2D eigenvalue weighted by atomic mass is 9.55. The fourth-order valence-electron chi connectivity index (χ4n) is 6.31. The second-order valence-corrected chi connectivity index (χ2v) is 11.5. The van der Waals surface area contributed by atoms with Crippen molar-refractivity contribution in [3.8, 4) is 11.5 Å². The van der Waals surface area contributed by atoms with Gasteiger partial charge in [0, 0.05) is 0 Å². The van der Waals surface area contributed by atoms with E-state index in [-0.39, 0.29) is 23.2 Å². The minimum atomic E-state index is -4.16. The third kappa shape index (κ3) is 4.43. The van der Waals surface area contributed by atoms with Crippen LogP contribution in [0.15, 0.2) is 12.1 Å². The Morgan fingerprint density at radius 2 is 1.77 bits per heavy atom. The molecule has 1 aromatic rings. The van der Waals surface area contributed by atoms with Crippen molar-refractivity contribution in [3.05, 3.63) is 23.3 Å². The van der Waals surface area contributed by atoms with Crippen LogP contribution in [0, 0.1) is 17.3 Å². The molecule has 4 rings (SSSR count). The van der Waals surface area contributed by atoms with E-state index in [2.05, 4.69) is 6.92 Å². The number of aryl methyl sites for hydroxylation is 1. The van der Waals surface area contributed by atoms with Gasteiger partial charge in [-0.1, -0.05) is 6.92 Å². The molecule has 174 valence electrons. The van der Waals surface area contributed by atoms with Crippen LogP contribution in [0.5, 0.6) is 11.5 Å². The van der Waals surface area contributed by atoms with Crippen LogP contribution in [-0.4, -0.2) is 29.5 Å². The van der Waals surface area contributed by atoms with Crippen molar-refractivity contribution in [2.45, 2.75) is 64.4 Å². The lowest BCUT2D eigenvalue weighted by molar-refractivity contribution is -0.00806. The standard InChI is InChI=1S/C20H30N2O7S2/c1-3-27-17-11-15-12(10-18(17)28-30(21,23)24)4-5-14-13(15)8-9-20(2)16(14)6-7-19(20)29-31(22,25)26/h10-11,13-14,16,19H,3-9H2,1-2H3,(H2,21,23,24)(H2,22,25,26)/t13?,14?,16?,19-,20-/m0/s1. The number of benzene rings is 1. The van der Waals surface area contributed by atoms with Crippen LogP contribution in [0.4, 0.5) is 0 Å². The minimum absolute atomic E-state index is 0.115. The Morgan fingerprint density at radius 1 is 1.03 bits per heavy atom. The molecule has 5 atom stereocenters. The van der Waals surface area contributed by atoms with Gasteiger partial charge in [-0.25, -0.2) is 5.14 Å². The van der Waals surface area contributed by atoms with E-state index in [0.29, 0.717) is 30.6 Å². The average Bonchev–Trinajstić information content (AvgIpc) is 2.96. The number of fused-ring (bicyclic) bond motifs is 5. The van der Waals surface area contributed by atoms with Gasteiger partial charge in [0.15, 0.2) is 11.5 Å². The fourth-order valence-corrected chi connectivity index (χ4v) is 7.33. The first-order valence-electron chi connectivity index (χ1n) is 10.6. The van der Waals surface area contributed by atoms with E-state index in [1.165, 1.54) is 0 Å². The largest absolute Gasteiger partial charge is 0.490 e. The van der Waals surface area contributed by atoms with E-state index in [1.807, 2.05) is 13.0 Å². The van der Waals surface area contributed by atoms with Gasteiger partial charge in [0.2, 0.25) is 0 Å². The van der Waals surface area contributed by atoms with Crippen molar-refractivity contribution < 1.29 is 29.9 Å². The van der Waals surface area contributed by atoms with Crippen LogP contribution in [0.1, 0.15) is 63.0 Å². The van der Waals surface area contributed by atoms with E-state index >= 15 is 0 Å². The molecule has 0 radical (unpaired) electrons. The van der Waals surface area contributed by atoms with Crippen LogP contribution in [0.2, 0.25) is 0 Å². The highest BCUT2D eigenvalue weighted by atomic mass is 32.2. The van der Waals surface area contributed by atoms with Crippen LogP contribution < -0.4 is 19.2 Å². The number of rotatable bonds is 6. The quantitative estimate of drug-likeness (QED) is 0.641. The third-order valence-corrected chi connectivity index (χ3v) is 8.37. The van der Waals surface area contributed by atoms with Gasteiger partial charge < -0.3 is 8.92 Å². The summed E-state index contributed by atoms with van der Waals surface area (Å²) in [4.78, 5) is 0. The van der Waals surface area contributed by atoms with Crippen molar-refractivity contribution in [2.24, 2.45) is 27.5 Å². The molecule has 2 saturated carbocycles. The SMILES string of the molecule is CCOc1cc2c(cc1OS(N)(=O)=O)CCC1C2CC[C@@]2(C)C1CC[C@@H]2OS(N)(=O)=O. The Bertz CT molecular complexity index is 1070. The topological polar surface area (TPSA) is 148 Å². The molecule has 9 nitrogen and oxygen atoms in total. The second-order valence-electron chi connectivity index (χ2n) is 9.12. The smallest absolute Gasteiger partial charge is 0.380 e. The predicted octanol–water partition coefficient (Wildman–Crippen LogP) is 2.11. The molecular weight excluding hydrogens is 444 g/mol. The van der Waals surface area contributed by atoms with Crippen molar-refractivity contribution in [2.75, 3.05) is 6.61 Å². The monoisotopic (exact) mass is 474 g/mol. The summed E-state index contributed by atoms with van der Waals surface area (Å²) in [5.74, 6) is 1.50. The highest BCUT2D eigenvalue weighted by molar-refractivity contribution is 7.84. The van der Waals surface area contributed by atoms with Crippen LogP contribution in [0.25, 0.3) is 0 Å². The maximum Gasteiger partial charge on any atom is 0.380 e. The molecule has 0 amide bonds. The summed E-state index contributed by atoms with van der Waals surface area (Å²) in [5, 5.41) is 10.2. The van der Waals surface area contributed by atoms with Gasteiger partial charge in [0.05, 0.1) is 12.7 Å². The molecule has 0 heterocycles. The molecule has 4 N–H and O–H groups in total. The summed E-state index contributed by atoms with van der Waals surface area (Å²) >= 11 is 0. The molecule has 0 aliphatic heterocycles. The van der Waals surface area contributed by atoms with E-state index < -0.39 is 20.6 Å². The average molecular weight is 475 g/mol. The molecule has 0 saturated heterocycles. The van der Waals surface area contributed by atoms with Gasteiger partial charge in [0.25, 0.3) is 0 Å². The maximum absolute atomic E-state index is 11.6. The number of ether oxygens (including phenoxy) is 1. The summed E-state index contributed by atoms with van der Waals surface area (Å²) in [5.41, 5.74) is 1.96. The first-order chi connectivity index (χ1) is 14.4. The zero-order valence-corrected chi connectivity index (χ0v) is 19.4. The van der Waals surface area contributed by atoms with Gasteiger partial charge >= 0.3 is 20.6 Å². The van der Waals surface area contributed by atoms with Crippen LogP contribution in [0.3, 0.4) is 0 Å². The van der Waals surface area contributed by atoms with Crippen molar-refractivity contribution in [1.29, 1.82) is 0 Å². The zero-order valence-electron chi connectivity index (χ0n) is 17.7. The Kier molecular flexibility index (Phi) is 5.79. The van der Waals surface area contributed by atoms with Crippen LogP contribution >= 0.6 is 0 Å². The first-order valence-corrected chi connectivity index (χ1v) is 13.6. The minimum Gasteiger partial charge on any atom is -0.490 e. The van der Waals surface area contributed by atoms with Crippen LogP contribution in [-0.2, 0) is 31.2 Å². The molecular formula is C20H30N2O7S2. The predicted molar refractivity (Wildman–Crippen MR) is 114 cm³/mol. The fraction of sp³-hybridized carbons (Fsp3) is 0.700. The Labute approximate surface area is 183 Å². The highest BCUT2D eigenvalue weighted by Gasteiger charge is 2.56. The summed E-state index contributed by atoms with van der Waals surface area (Å²) in [7, 11) is -8.16. The summed E-state index contributed by atoms with van der Waals surface area (Å²) in [6.07, 6.45) is 4.62. The number of hydrogen-bond donors (Lipinski definition) is 2. The lowest BCUT2D eigenvalue weighted by Gasteiger charge is -2.50. The van der Waals surface area contributed by atoms with E-state index in [1.54, 1.807) is 6.07 Å². The van der Waals surface area contributed by atoms with Crippen molar-refractivity contribution in [3.63, 3.8) is 0 Å². The normalized spacial score (nSPS) is 32.6. The molecule has 31 heavy (non-hydrogen) atoms. The van der Waals surface area contributed by atoms with E-state index in [9.17, 15) is 16.8 Å². The zero-order chi connectivity index (χ0) is 22.6. The molecule has 2 fully saturated rings. The van der Waals surface area contributed by atoms with E-state index in [4.69, 9.17) is 23.4 Å². The molecule has 1 aromatic carbocycles. The lowest BCUT2D eigenvalue weighted by Crippen LogP contribution is -2.45. The van der Waals surface area contributed by atoms with Gasteiger partial charge in [0.1, 0.15) is 0 Å². The molecule has 3 aliphatic rings.